The van der Waals surface area contributed by atoms with Gasteiger partial charge in [-0.3, -0.25) is 4.72 Å². The summed E-state index contributed by atoms with van der Waals surface area (Å²) in [4.78, 5) is 0.0668. The Morgan fingerprint density at radius 1 is 1.15 bits per heavy atom. The maximum atomic E-state index is 12.3. The van der Waals surface area contributed by atoms with Crippen LogP contribution in [0.5, 0.6) is 0 Å². The first-order chi connectivity index (χ1) is 9.53. The molecule has 0 saturated heterocycles. The topological polar surface area (TPSA) is 81.4 Å². The van der Waals surface area contributed by atoms with Crippen LogP contribution < -0.4 is 10.5 Å². The second-order valence-electron chi connectivity index (χ2n) is 4.28. The van der Waals surface area contributed by atoms with E-state index in [0.717, 1.165) is 5.56 Å². The summed E-state index contributed by atoms with van der Waals surface area (Å²) in [6.07, 6.45) is 0. The van der Waals surface area contributed by atoms with Crippen LogP contribution in [0.25, 0.3) is 0 Å². The zero-order chi connectivity index (χ0) is 14.6. The molecular formula is C14H16N2O3S. The van der Waals surface area contributed by atoms with Crippen molar-refractivity contribution in [1.29, 1.82) is 0 Å². The predicted molar refractivity (Wildman–Crippen MR) is 78.8 cm³/mol. The van der Waals surface area contributed by atoms with Gasteiger partial charge >= 0.3 is 0 Å². The lowest BCUT2D eigenvalue weighted by atomic mass is 10.2. The molecule has 6 heteroatoms. The zero-order valence-corrected chi connectivity index (χ0v) is 11.9. The van der Waals surface area contributed by atoms with Gasteiger partial charge in [0.25, 0.3) is 10.0 Å². The minimum Gasteiger partial charge on any atom is -0.398 e. The summed E-state index contributed by atoms with van der Waals surface area (Å²) >= 11 is 0. The van der Waals surface area contributed by atoms with E-state index >= 15 is 0 Å². The maximum Gasteiger partial charge on any atom is 0.263 e. The first kappa shape index (κ1) is 14.4. The number of ether oxygens (including phenoxy) is 1. The van der Waals surface area contributed by atoms with Gasteiger partial charge < -0.3 is 10.5 Å². The molecule has 0 spiro atoms. The van der Waals surface area contributed by atoms with Crippen molar-refractivity contribution < 1.29 is 13.2 Å². The van der Waals surface area contributed by atoms with E-state index in [1.54, 1.807) is 43.5 Å². The number of hydrogen-bond acceptors (Lipinski definition) is 4. The number of benzene rings is 2. The molecule has 0 saturated carbocycles. The number of nitrogens with one attached hydrogen (secondary N) is 1. The van der Waals surface area contributed by atoms with Crippen molar-refractivity contribution in [2.24, 2.45) is 0 Å². The SMILES string of the molecule is COCc1cccc(NS(=O)(=O)c2ccccc2N)c1. The Labute approximate surface area is 118 Å². The fourth-order valence-electron chi connectivity index (χ4n) is 1.83. The Kier molecular flexibility index (Phi) is 4.26. The van der Waals surface area contributed by atoms with E-state index < -0.39 is 10.0 Å². The standard InChI is InChI=1S/C14H16N2O3S/c1-19-10-11-5-4-6-12(9-11)16-20(17,18)14-8-3-2-7-13(14)15/h2-9,16H,10,15H2,1H3. The Morgan fingerprint density at radius 3 is 2.60 bits per heavy atom. The summed E-state index contributed by atoms with van der Waals surface area (Å²) in [7, 11) is -2.11. The van der Waals surface area contributed by atoms with E-state index in [4.69, 9.17) is 10.5 Å². The van der Waals surface area contributed by atoms with Crippen LogP contribution in [0.2, 0.25) is 0 Å². The van der Waals surface area contributed by atoms with Gasteiger partial charge in [0.05, 0.1) is 12.3 Å². The summed E-state index contributed by atoms with van der Waals surface area (Å²) in [5.41, 5.74) is 7.27. The minimum atomic E-state index is -3.69. The van der Waals surface area contributed by atoms with Gasteiger partial charge in [-0.05, 0) is 29.8 Å². The molecule has 2 aromatic carbocycles. The van der Waals surface area contributed by atoms with E-state index in [0.29, 0.717) is 12.3 Å². The van der Waals surface area contributed by atoms with Crippen LogP contribution in [0.1, 0.15) is 5.56 Å². The van der Waals surface area contributed by atoms with E-state index in [1.807, 2.05) is 6.07 Å². The molecule has 0 aliphatic rings. The molecule has 0 aliphatic carbocycles. The molecule has 0 fully saturated rings. The van der Waals surface area contributed by atoms with Crippen molar-refractivity contribution in [2.75, 3.05) is 17.6 Å². The van der Waals surface area contributed by atoms with Crippen LogP contribution >= 0.6 is 0 Å². The summed E-state index contributed by atoms with van der Waals surface area (Å²) in [5.74, 6) is 0. The third kappa shape index (κ3) is 3.28. The molecule has 0 aliphatic heterocycles. The van der Waals surface area contributed by atoms with Crippen LogP contribution in [0.15, 0.2) is 53.4 Å². The summed E-state index contributed by atoms with van der Waals surface area (Å²) in [6.45, 7) is 0.420. The van der Waals surface area contributed by atoms with Gasteiger partial charge in [-0.1, -0.05) is 24.3 Å². The van der Waals surface area contributed by atoms with Gasteiger partial charge in [-0.25, -0.2) is 8.42 Å². The zero-order valence-electron chi connectivity index (χ0n) is 11.0. The number of anilines is 2. The van der Waals surface area contributed by atoms with E-state index in [2.05, 4.69) is 4.72 Å². The largest absolute Gasteiger partial charge is 0.398 e. The van der Waals surface area contributed by atoms with Crippen LogP contribution in [-0.2, 0) is 21.4 Å². The molecule has 2 aromatic rings. The van der Waals surface area contributed by atoms with Gasteiger partial charge in [-0.15, -0.1) is 0 Å². The number of hydrogen-bond donors (Lipinski definition) is 2. The van der Waals surface area contributed by atoms with Crippen LogP contribution in [-0.4, -0.2) is 15.5 Å². The highest BCUT2D eigenvalue weighted by atomic mass is 32.2. The van der Waals surface area contributed by atoms with E-state index in [-0.39, 0.29) is 10.6 Å². The average Bonchev–Trinajstić information content (AvgIpc) is 2.39. The number of nitrogen functional groups attached to an aromatic ring is 1. The molecule has 106 valence electrons. The third-order valence-corrected chi connectivity index (χ3v) is 4.15. The monoisotopic (exact) mass is 292 g/mol. The van der Waals surface area contributed by atoms with Crippen molar-refractivity contribution in [2.45, 2.75) is 11.5 Å². The van der Waals surface area contributed by atoms with E-state index in [1.165, 1.54) is 6.07 Å². The lowest BCUT2D eigenvalue weighted by Gasteiger charge is -2.11. The van der Waals surface area contributed by atoms with Crippen molar-refractivity contribution >= 4 is 21.4 Å². The third-order valence-electron chi connectivity index (χ3n) is 2.70. The molecular weight excluding hydrogens is 276 g/mol. The second kappa shape index (κ2) is 5.94. The number of rotatable bonds is 5. The molecule has 0 aromatic heterocycles. The first-order valence-electron chi connectivity index (χ1n) is 5.98. The van der Waals surface area contributed by atoms with Gasteiger partial charge in [0.2, 0.25) is 0 Å². The van der Waals surface area contributed by atoms with Crippen LogP contribution in [0, 0.1) is 0 Å². The van der Waals surface area contributed by atoms with Crippen molar-refractivity contribution in [3.63, 3.8) is 0 Å². The number of sulfonamides is 1. The van der Waals surface area contributed by atoms with E-state index in [9.17, 15) is 8.42 Å². The lowest BCUT2D eigenvalue weighted by molar-refractivity contribution is 0.185. The molecule has 0 amide bonds. The highest BCUT2D eigenvalue weighted by Gasteiger charge is 2.16. The molecule has 0 bridgehead atoms. The average molecular weight is 292 g/mol. The highest BCUT2D eigenvalue weighted by molar-refractivity contribution is 7.92. The fraction of sp³-hybridized carbons (Fsp3) is 0.143. The molecule has 0 unspecified atom stereocenters. The molecule has 0 heterocycles. The molecule has 0 radical (unpaired) electrons. The minimum absolute atomic E-state index is 0.0668. The summed E-state index contributed by atoms with van der Waals surface area (Å²) in [5, 5.41) is 0. The number of methoxy groups -OCH3 is 1. The smallest absolute Gasteiger partial charge is 0.263 e. The molecule has 3 N–H and O–H groups in total. The van der Waals surface area contributed by atoms with Gasteiger partial charge in [0, 0.05) is 12.8 Å². The van der Waals surface area contributed by atoms with Gasteiger partial charge in [-0.2, -0.15) is 0 Å². The molecule has 5 nitrogen and oxygen atoms in total. The highest BCUT2D eigenvalue weighted by Crippen LogP contribution is 2.21. The van der Waals surface area contributed by atoms with Crippen LogP contribution in [0.4, 0.5) is 11.4 Å². The van der Waals surface area contributed by atoms with Crippen molar-refractivity contribution in [1.82, 2.24) is 0 Å². The Balaban J connectivity index is 2.29. The van der Waals surface area contributed by atoms with Gasteiger partial charge in [0.1, 0.15) is 4.90 Å². The number of para-hydroxylation sites is 1. The van der Waals surface area contributed by atoms with Crippen molar-refractivity contribution in [3.8, 4) is 0 Å². The molecule has 2 rings (SSSR count). The van der Waals surface area contributed by atoms with Crippen LogP contribution in [0.3, 0.4) is 0 Å². The summed E-state index contributed by atoms with van der Waals surface area (Å²) < 4.78 is 32.1. The normalized spacial score (nSPS) is 11.2. The Morgan fingerprint density at radius 2 is 1.90 bits per heavy atom. The van der Waals surface area contributed by atoms with Crippen molar-refractivity contribution in [3.05, 3.63) is 54.1 Å². The van der Waals surface area contributed by atoms with Gasteiger partial charge in [0.15, 0.2) is 0 Å². The second-order valence-corrected chi connectivity index (χ2v) is 5.93. The Bertz CT molecular complexity index is 699. The predicted octanol–water partition coefficient (Wildman–Crippen LogP) is 2.22. The fourth-order valence-corrected chi connectivity index (χ4v) is 3.01. The first-order valence-corrected chi connectivity index (χ1v) is 7.46. The maximum absolute atomic E-state index is 12.3. The Hall–Kier alpha value is -2.05. The quantitative estimate of drug-likeness (QED) is 0.828. The summed E-state index contributed by atoms with van der Waals surface area (Å²) in [6, 6.07) is 13.4. The number of nitrogens with two attached hydrogens (primary N) is 1. The lowest BCUT2D eigenvalue weighted by Crippen LogP contribution is -2.14. The molecule has 0 atom stereocenters. The molecule has 20 heavy (non-hydrogen) atoms.